The van der Waals surface area contributed by atoms with Crippen LogP contribution in [-0.2, 0) is 26.5 Å². The summed E-state index contributed by atoms with van der Waals surface area (Å²) in [4.78, 5) is 13.3. The number of aliphatic hydroxyl groups is 1. The second-order valence-electron chi connectivity index (χ2n) is 6.81. The minimum absolute atomic E-state index is 0. The van der Waals surface area contributed by atoms with Crippen molar-refractivity contribution in [1.82, 2.24) is 0 Å². The maximum absolute atomic E-state index is 8.40. The molecule has 0 aromatic heterocycles. The van der Waals surface area contributed by atoms with Gasteiger partial charge in [0.05, 0.1) is 18.8 Å². The summed E-state index contributed by atoms with van der Waals surface area (Å²) in [6.07, 6.45) is 2.28. The average molecular weight is 528 g/mol. The van der Waals surface area contributed by atoms with Gasteiger partial charge in [-0.05, 0) is 44.0 Å². The van der Waals surface area contributed by atoms with Gasteiger partial charge in [0.2, 0.25) is 0 Å². The number of allylic oxidation sites excluding steroid dienone is 2. The zero-order chi connectivity index (χ0) is 18.4. The number of hydrogen-bond donors (Lipinski definition) is 1. The number of nitrogens with zero attached hydrogens (tertiary/aromatic N) is 1. The van der Waals surface area contributed by atoms with E-state index in [1.165, 1.54) is 31.1 Å². The minimum atomic E-state index is -0.0344. The summed E-state index contributed by atoms with van der Waals surface area (Å²) in [6, 6.07) is 19.9. The van der Waals surface area contributed by atoms with E-state index in [1.54, 1.807) is 0 Å². The van der Waals surface area contributed by atoms with Gasteiger partial charge in [-0.3, -0.25) is 4.79 Å². The number of ketones is 1. The summed E-state index contributed by atoms with van der Waals surface area (Å²) < 4.78 is 0. The van der Waals surface area contributed by atoms with Crippen LogP contribution in [0.4, 0.5) is 0 Å². The third-order valence-electron chi connectivity index (χ3n) is 3.69. The van der Waals surface area contributed by atoms with Crippen molar-refractivity contribution >= 4 is 11.5 Å². The molecule has 0 saturated heterocycles. The molecule has 3 rings (SSSR count). The van der Waals surface area contributed by atoms with Gasteiger partial charge in [-0.25, -0.2) is 0 Å². The number of aliphatic imine (C=N–C) groups is 1. The van der Waals surface area contributed by atoms with Crippen LogP contribution in [0.5, 0.6) is 0 Å². The molecule has 139 valence electrons. The van der Waals surface area contributed by atoms with E-state index in [2.05, 4.69) is 50.2 Å². The molecule has 0 atom stereocenters. The number of rotatable bonds is 2. The van der Waals surface area contributed by atoms with Crippen molar-refractivity contribution in [2.45, 2.75) is 39.7 Å². The zero-order valence-corrected chi connectivity index (χ0v) is 18.0. The van der Waals surface area contributed by atoms with Crippen LogP contribution >= 0.6 is 0 Å². The Hall–Kier alpha value is -2.03. The molecule has 0 bridgehead atoms. The molecule has 1 heterocycles. The molecular formula is C22H25IrNO2. The van der Waals surface area contributed by atoms with Gasteiger partial charge in [0.15, 0.2) is 0 Å². The molecule has 26 heavy (non-hydrogen) atoms. The van der Waals surface area contributed by atoms with Crippen molar-refractivity contribution in [1.29, 1.82) is 0 Å². The van der Waals surface area contributed by atoms with Crippen molar-refractivity contribution in [3.05, 3.63) is 83.1 Å². The molecule has 1 aliphatic heterocycles. The number of fused-ring (bicyclic) bond motifs is 1. The Morgan fingerprint density at radius 2 is 1.81 bits per heavy atom. The fraction of sp³-hybridized carbons (Fsp3) is 0.273. The quantitative estimate of drug-likeness (QED) is 0.263. The van der Waals surface area contributed by atoms with E-state index in [4.69, 9.17) is 14.9 Å². The first-order chi connectivity index (χ1) is 11.8. The Morgan fingerprint density at radius 1 is 1.15 bits per heavy atom. The molecule has 0 unspecified atom stereocenters. The summed E-state index contributed by atoms with van der Waals surface area (Å²) in [5, 5.41) is 8.40. The fourth-order valence-corrected chi connectivity index (χ4v) is 2.82. The summed E-state index contributed by atoms with van der Waals surface area (Å²) in [5.41, 5.74) is 4.75. The maximum atomic E-state index is 8.40. The Kier molecular flexibility index (Phi) is 8.13. The predicted octanol–water partition coefficient (Wildman–Crippen LogP) is 4.67. The second kappa shape index (κ2) is 9.61. The molecule has 1 aliphatic rings. The normalized spacial score (nSPS) is 14.8. The van der Waals surface area contributed by atoms with Crippen LogP contribution in [-0.4, -0.2) is 26.9 Å². The third kappa shape index (κ3) is 6.36. The van der Waals surface area contributed by atoms with Crippen LogP contribution in [0, 0.1) is 6.07 Å². The zero-order valence-electron chi connectivity index (χ0n) is 15.6. The van der Waals surface area contributed by atoms with Crippen molar-refractivity contribution in [2.24, 2.45) is 4.99 Å². The Balaban J connectivity index is 0.000000366. The Morgan fingerprint density at radius 3 is 2.35 bits per heavy atom. The van der Waals surface area contributed by atoms with Crippen molar-refractivity contribution in [2.75, 3.05) is 0 Å². The van der Waals surface area contributed by atoms with Gasteiger partial charge in [-0.2, -0.15) is 0 Å². The van der Waals surface area contributed by atoms with E-state index in [0.717, 1.165) is 17.7 Å². The summed E-state index contributed by atoms with van der Waals surface area (Å²) in [6.45, 7) is 7.37. The largest absolute Gasteiger partial charge is 0.512 e. The van der Waals surface area contributed by atoms with Gasteiger partial charge >= 0.3 is 5.78 Å². The molecule has 0 saturated carbocycles. The molecule has 2 aromatic carbocycles. The summed E-state index contributed by atoms with van der Waals surface area (Å²) in [7, 11) is 0. The smallest absolute Gasteiger partial charge is 0.316 e. The molecular weight excluding hydrogens is 502 g/mol. The molecule has 0 aliphatic carbocycles. The fourth-order valence-electron chi connectivity index (χ4n) is 2.82. The number of hydrogen-bond acceptors (Lipinski definition) is 2. The van der Waals surface area contributed by atoms with E-state index in [0.29, 0.717) is 0 Å². The van der Waals surface area contributed by atoms with Gasteiger partial charge in [0.1, 0.15) is 0 Å². The third-order valence-corrected chi connectivity index (χ3v) is 3.69. The van der Waals surface area contributed by atoms with E-state index in [9.17, 15) is 0 Å². The van der Waals surface area contributed by atoms with E-state index < -0.39 is 0 Å². The summed E-state index contributed by atoms with van der Waals surface area (Å²) in [5.74, 6) is 0.250. The number of aliphatic hydroxyl groups excluding tert-OH is 1. The first-order valence-electron chi connectivity index (χ1n) is 8.33. The van der Waals surface area contributed by atoms with Gasteiger partial charge in [0.25, 0.3) is 0 Å². The molecule has 0 spiro atoms. The molecule has 2 N–H and O–H groups in total. The SMILES string of the molecule is CC(=[OH+])/C=C(/C)O.CC1(C)Cc2ccccc2C(c2[c-]cccc2)=N1.[Ir]. The van der Waals surface area contributed by atoms with E-state index in [-0.39, 0.29) is 37.2 Å². The first-order valence-corrected chi connectivity index (χ1v) is 8.33. The van der Waals surface area contributed by atoms with Crippen LogP contribution in [0.3, 0.4) is 0 Å². The van der Waals surface area contributed by atoms with Crippen LogP contribution in [0.2, 0.25) is 0 Å². The van der Waals surface area contributed by atoms with Gasteiger partial charge in [0, 0.05) is 25.6 Å². The van der Waals surface area contributed by atoms with E-state index in [1.807, 2.05) is 18.2 Å². The standard InChI is InChI=1S/C17H16N.C5H8O2.Ir/c1-17(2)12-14-10-6-7-11-15(14)16(18-17)13-8-4-3-5-9-13;1-4(6)3-5(2)7;/h3-8,10-11H,12H2,1-2H3;3,6H,1-2H3;/q-1;;/p+1/b;4-3-;. The Labute approximate surface area is 169 Å². The number of benzene rings is 2. The van der Waals surface area contributed by atoms with Crippen LogP contribution in [0.15, 0.2) is 65.4 Å². The summed E-state index contributed by atoms with van der Waals surface area (Å²) >= 11 is 0. The molecule has 2 aromatic rings. The molecule has 4 heteroatoms. The monoisotopic (exact) mass is 528 g/mol. The maximum Gasteiger partial charge on any atom is 0.316 e. The Bertz CT molecular complexity index is 804. The molecule has 0 fully saturated rings. The van der Waals surface area contributed by atoms with Crippen LogP contribution in [0.1, 0.15) is 44.4 Å². The van der Waals surface area contributed by atoms with Crippen molar-refractivity contribution in [3.63, 3.8) is 0 Å². The van der Waals surface area contributed by atoms with Crippen molar-refractivity contribution < 1.29 is 30.0 Å². The van der Waals surface area contributed by atoms with Crippen LogP contribution < -0.4 is 0 Å². The number of carbonyl (C=O) groups excluding carboxylic acids is 1. The van der Waals surface area contributed by atoms with Gasteiger partial charge < -0.3 is 10.1 Å². The topological polar surface area (TPSA) is 54.0 Å². The van der Waals surface area contributed by atoms with Gasteiger partial charge in [-0.1, -0.05) is 24.3 Å². The first kappa shape index (κ1) is 22.0. The van der Waals surface area contributed by atoms with Crippen LogP contribution in [0.25, 0.3) is 0 Å². The minimum Gasteiger partial charge on any atom is -0.512 e. The second-order valence-corrected chi connectivity index (χ2v) is 6.81. The van der Waals surface area contributed by atoms with E-state index >= 15 is 0 Å². The van der Waals surface area contributed by atoms with Gasteiger partial charge in [-0.15, -0.1) is 35.9 Å². The van der Waals surface area contributed by atoms with Crippen molar-refractivity contribution in [3.8, 4) is 0 Å². The molecule has 1 radical (unpaired) electrons. The molecule has 3 nitrogen and oxygen atoms in total. The molecule has 0 amide bonds. The average Bonchev–Trinajstić information content (AvgIpc) is 2.53. The predicted molar refractivity (Wildman–Crippen MR) is 104 cm³/mol.